The maximum absolute atomic E-state index is 12.0. The van der Waals surface area contributed by atoms with Gasteiger partial charge in [0.1, 0.15) is 5.54 Å². The minimum absolute atomic E-state index is 0.225. The maximum Gasteiger partial charge on any atom is 0.238 e. The Labute approximate surface area is 119 Å². The fourth-order valence-corrected chi connectivity index (χ4v) is 3.30. The van der Waals surface area contributed by atoms with Crippen LogP contribution in [-0.2, 0) is 22.4 Å². The van der Waals surface area contributed by atoms with Crippen LogP contribution < -0.4 is 11.1 Å². The predicted molar refractivity (Wildman–Crippen MR) is 77.4 cm³/mol. The molecule has 1 aliphatic heterocycles. The number of rotatable bonds is 4. The van der Waals surface area contributed by atoms with Crippen molar-refractivity contribution < 1.29 is 9.53 Å². The van der Waals surface area contributed by atoms with Gasteiger partial charge in [-0.15, -0.1) is 0 Å². The Morgan fingerprint density at radius 3 is 2.90 bits per heavy atom. The van der Waals surface area contributed by atoms with Gasteiger partial charge < -0.3 is 15.8 Å². The lowest BCUT2D eigenvalue weighted by Gasteiger charge is -2.37. The van der Waals surface area contributed by atoms with Gasteiger partial charge in [-0.2, -0.15) is 0 Å². The largest absolute Gasteiger partial charge is 0.377 e. The second kappa shape index (κ2) is 5.54. The molecule has 20 heavy (non-hydrogen) atoms. The average Bonchev–Trinajstić information content (AvgIpc) is 2.98. The van der Waals surface area contributed by atoms with Crippen LogP contribution in [0.15, 0.2) is 24.3 Å². The second-order valence-electron chi connectivity index (χ2n) is 5.91. The van der Waals surface area contributed by atoms with Gasteiger partial charge in [0.2, 0.25) is 5.91 Å². The summed E-state index contributed by atoms with van der Waals surface area (Å²) in [6, 6.07) is 8.31. The molecule has 1 aromatic carbocycles. The minimum atomic E-state index is -0.611. The van der Waals surface area contributed by atoms with E-state index in [0.29, 0.717) is 13.0 Å². The first-order valence-corrected chi connectivity index (χ1v) is 7.43. The Morgan fingerprint density at radius 2 is 2.20 bits per heavy atom. The zero-order chi connectivity index (χ0) is 14.0. The van der Waals surface area contributed by atoms with E-state index in [-0.39, 0.29) is 12.0 Å². The smallest absolute Gasteiger partial charge is 0.238 e. The molecule has 4 nitrogen and oxygen atoms in total. The summed E-state index contributed by atoms with van der Waals surface area (Å²) in [5.41, 5.74) is 7.66. The number of amides is 1. The number of nitrogens with two attached hydrogens (primary N) is 1. The van der Waals surface area contributed by atoms with Crippen molar-refractivity contribution in [2.45, 2.75) is 43.7 Å². The molecule has 108 valence electrons. The fourth-order valence-electron chi connectivity index (χ4n) is 3.30. The first kappa shape index (κ1) is 13.6. The van der Waals surface area contributed by atoms with E-state index in [9.17, 15) is 4.79 Å². The van der Waals surface area contributed by atoms with Crippen LogP contribution in [0.2, 0.25) is 0 Å². The standard InChI is InChI=1S/C16H22N2O2/c17-15(19)16(18-11-14-6-3-9-20-14)8-7-12-4-1-2-5-13(12)10-16/h1-2,4-5,14,18H,3,6-11H2,(H2,17,19). The molecule has 1 aliphatic carbocycles. The topological polar surface area (TPSA) is 64.4 Å². The van der Waals surface area contributed by atoms with E-state index in [1.807, 2.05) is 6.07 Å². The zero-order valence-electron chi connectivity index (χ0n) is 11.7. The number of hydrogen-bond donors (Lipinski definition) is 2. The van der Waals surface area contributed by atoms with Gasteiger partial charge >= 0.3 is 0 Å². The molecule has 1 saturated heterocycles. The van der Waals surface area contributed by atoms with E-state index < -0.39 is 5.54 Å². The van der Waals surface area contributed by atoms with Gasteiger partial charge in [0.25, 0.3) is 0 Å². The Balaban J connectivity index is 1.74. The molecule has 2 aliphatic rings. The summed E-state index contributed by atoms with van der Waals surface area (Å²) in [7, 11) is 0. The van der Waals surface area contributed by atoms with Crippen molar-refractivity contribution in [3.63, 3.8) is 0 Å². The van der Waals surface area contributed by atoms with E-state index in [4.69, 9.17) is 10.5 Å². The molecule has 0 aromatic heterocycles. The quantitative estimate of drug-likeness (QED) is 0.866. The summed E-state index contributed by atoms with van der Waals surface area (Å²) in [5, 5.41) is 3.42. The van der Waals surface area contributed by atoms with Crippen LogP contribution in [0.5, 0.6) is 0 Å². The molecule has 0 saturated carbocycles. The number of fused-ring (bicyclic) bond motifs is 1. The monoisotopic (exact) mass is 274 g/mol. The van der Waals surface area contributed by atoms with Crippen molar-refractivity contribution in [1.82, 2.24) is 5.32 Å². The van der Waals surface area contributed by atoms with Crippen molar-refractivity contribution >= 4 is 5.91 Å². The molecule has 4 heteroatoms. The Hall–Kier alpha value is -1.39. The normalized spacial score (nSPS) is 29.1. The summed E-state index contributed by atoms with van der Waals surface area (Å²) >= 11 is 0. The number of hydrogen-bond acceptors (Lipinski definition) is 3. The molecule has 0 radical (unpaired) electrons. The van der Waals surface area contributed by atoms with Gasteiger partial charge in [0.05, 0.1) is 6.10 Å². The summed E-state index contributed by atoms with van der Waals surface area (Å²) in [5.74, 6) is -0.245. The number of aryl methyl sites for hydroxylation is 1. The lowest BCUT2D eigenvalue weighted by Crippen LogP contribution is -2.60. The molecular formula is C16H22N2O2. The third-order valence-corrected chi connectivity index (χ3v) is 4.60. The zero-order valence-corrected chi connectivity index (χ0v) is 11.7. The number of primary amides is 1. The number of nitrogens with one attached hydrogen (secondary N) is 1. The molecule has 1 fully saturated rings. The molecule has 0 bridgehead atoms. The molecule has 2 atom stereocenters. The van der Waals surface area contributed by atoms with Gasteiger partial charge in [0, 0.05) is 13.2 Å². The van der Waals surface area contributed by atoms with E-state index in [0.717, 1.165) is 32.3 Å². The highest BCUT2D eigenvalue weighted by atomic mass is 16.5. The van der Waals surface area contributed by atoms with Crippen LogP contribution in [-0.4, -0.2) is 30.7 Å². The number of benzene rings is 1. The van der Waals surface area contributed by atoms with Crippen LogP contribution >= 0.6 is 0 Å². The Bertz CT molecular complexity index is 497. The van der Waals surface area contributed by atoms with E-state index in [1.54, 1.807) is 0 Å². The molecule has 0 spiro atoms. The molecule has 1 heterocycles. The summed E-state index contributed by atoms with van der Waals surface area (Å²) in [6.45, 7) is 1.55. The van der Waals surface area contributed by atoms with E-state index in [2.05, 4.69) is 23.5 Å². The lowest BCUT2D eigenvalue weighted by atomic mass is 9.77. The minimum Gasteiger partial charge on any atom is -0.377 e. The molecule has 2 unspecified atom stereocenters. The molecular weight excluding hydrogens is 252 g/mol. The average molecular weight is 274 g/mol. The van der Waals surface area contributed by atoms with Crippen LogP contribution in [0, 0.1) is 0 Å². The van der Waals surface area contributed by atoms with Gasteiger partial charge in [-0.25, -0.2) is 0 Å². The first-order chi connectivity index (χ1) is 9.70. The summed E-state index contributed by atoms with van der Waals surface area (Å²) < 4.78 is 5.62. The summed E-state index contributed by atoms with van der Waals surface area (Å²) in [6.07, 6.45) is 4.76. The highest BCUT2D eigenvalue weighted by molar-refractivity contribution is 5.85. The third kappa shape index (κ3) is 2.58. The lowest BCUT2D eigenvalue weighted by molar-refractivity contribution is -0.125. The molecule has 1 aromatic rings. The highest BCUT2D eigenvalue weighted by Gasteiger charge is 2.39. The first-order valence-electron chi connectivity index (χ1n) is 7.43. The van der Waals surface area contributed by atoms with Crippen molar-refractivity contribution in [1.29, 1.82) is 0 Å². The number of carbonyl (C=O) groups excluding carboxylic acids is 1. The van der Waals surface area contributed by atoms with Gasteiger partial charge in [0.15, 0.2) is 0 Å². The maximum atomic E-state index is 12.0. The molecule has 1 amide bonds. The van der Waals surface area contributed by atoms with Crippen molar-refractivity contribution in [2.24, 2.45) is 5.73 Å². The Kier molecular flexibility index (Phi) is 3.76. The van der Waals surface area contributed by atoms with Crippen LogP contribution in [0.25, 0.3) is 0 Å². The van der Waals surface area contributed by atoms with Crippen molar-refractivity contribution in [3.05, 3.63) is 35.4 Å². The van der Waals surface area contributed by atoms with Crippen molar-refractivity contribution in [3.8, 4) is 0 Å². The third-order valence-electron chi connectivity index (χ3n) is 4.60. The van der Waals surface area contributed by atoms with Gasteiger partial charge in [-0.05, 0) is 43.2 Å². The highest BCUT2D eigenvalue weighted by Crippen LogP contribution is 2.29. The van der Waals surface area contributed by atoms with E-state index in [1.165, 1.54) is 11.1 Å². The van der Waals surface area contributed by atoms with Crippen LogP contribution in [0.4, 0.5) is 0 Å². The Morgan fingerprint density at radius 1 is 1.40 bits per heavy atom. The van der Waals surface area contributed by atoms with Gasteiger partial charge in [-0.3, -0.25) is 4.79 Å². The molecule has 3 rings (SSSR count). The van der Waals surface area contributed by atoms with Crippen LogP contribution in [0.1, 0.15) is 30.4 Å². The SMILES string of the molecule is NC(=O)C1(NCC2CCCO2)CCc2ccccc2C1. The van der Waals surface area contributed by atoms with Crippen LogP contribution in [0.3, 0.4) is 0 Å². The summed E-state index contributed by atoms with van der Waals surface area (Å²) in [4.78, 5) is 12.0. The second-order valence-corrected chi connectivity index (χ2v) is 5.91. The predicted octanol–water partition coefficient (Wildman–Crippen LogP) is 1.17. The van der Waals surface area contributed by atoms with Gasteiger partial charge in [-0.1, -0.05) is 24.3 Å². The fraction of sp³-hybridized carbons (Fsp3) is 0.562. The molecule has 3 N–H and O–H groups in total. The van der Waals surface area contributed by atoms with E-state index >= 15 is 0 Å². The number of ether oxygens (including phenoxy) is 1. The number of carbonyl (C=O) groups is 1. The van der Waals surface area contributed by atoms with Crippen molar-refractivity contribution in [2.75, 3.05) is 13.2 Å².